The third-order valence-electron chi connectivity index (χ3n) is 5.75. The first-order chi connectivity index (χ1) is 15.5. The fourth-order valence-electron chi connectivity index (χ4n) is 4.25. The summed E-state index contributed by atoms with van der Waals surface area (Å²) in [7, 11) is 0. The third kappa shape index (κ3) is 3.24. The molecular weight excluding hydrogens is 408 g/mol. The van der Waals surface area contributed by atoms with Crippen LogP contribution in [0.5, 0.6) is 0 Å². The Balaban J connectivity index is 1.66. The van der Waals surface area contributed by atoms with Crippen molar-refractivity contribution in [3.05, 3.63) is 122 Å². The Morgan fingerprint density at radius 2 is 1.69 bits per heavy atom. The zero-order valence-corrected chi connectivity index (χ0v) is 16.9. The van der Waals surface area contributed by atoms with E-state index in [1.165, 1.54) is 12.1 Å². The van der Waals surface area contributed by atoms with Crippen LogP contribution in [-0.4, -0.2) is 22.3 Å². The lowest BCUT2D eigenvalue weighted by atomic mass is 9.98. The van der Waals surface area contributed by atoms with Crippen LogP contribution in [0.4, 0.5) is 5.69 Å². The molecule has 1 atom stereocenters. The Bertz CT molecular complexity index is 1410. The zero-order valence-electron chi connectivity index (χ0n) is 16.9. The lowest BCUT2D eigenvalue weighted by molar-refractivity contribution is -0.384. The normalized spacial score (nSPS) is 15.2. The van der Waals surface area contributed by atoms with Crippen LogP contribution in [-0.2, 0) is 6.42 Å². The van der Waals surface area contributed by atoms with Gasteiger partial charge in [0.05, 0.1) is 21.9 Å². The minimum Gasteiger partial charge on any atom is -0.450 e. The SMILES string of the molecule is O=C1c2oc3ccccc3c(=O)c2[C@H](c2cccc([N+](=O)[O-])c2)N1CCc1ccccc1. The molecule has 1 aliphatic heterocycles. The minimum absolute atomic E-state index is 0.00160. The molecule has 1 amide bonds. The van der Waals surface area contributed by atoms with Crippen molar-refractivity contribution in [1.82, 2.24) is 4.90 Å². The van der Waals surface area contributed by atoms with E-state index in [0.29, 0.717) is 29.5 Å². The second kappa shape index (κ2) is 7.77. The number of nitro benzene ring substituents is 1. The fraction of sp³-hybridized carbons (Fsp3) is 0.120. The Labute approximate surface area is 182 Å². The van der Waals surface area contributed by atoms with E-state index in [-0.39, 0.29) is 22.4 Å². The molecule has 0 fully saturated rings. The Morgan fingerprint density at radius 1 is 0.938 bits per heavy atom. The van der Waals surface area contributed by atoms with E-state index in [1.807, 2.05) is 30.3 Å². The summed E-state index contributed by atoms with van der Waals surface area (Å²) < 4.78 is 5.88. The van der Waals surface area contributed by atoms with Crippen LogP contribution in [0.15, 0.2) is 88.1 Å². The second-order valence-corrected chi connectivity index (χ2v) is 7.66. The van der Waals surface area contributed by atoms with Crippen molar-refractivity contribution in [3.63, 3.8) is 0 Å². The van der Waals surface area contributed by atoms with Gasteiger partial charge in [0, 0.05) is 18.7 Å². The number of nitro groups is 1. The summed E-state index contributed by atoms with van der Waals surface area (Å²) in [6.07, 6.45) is 0.569. The number of benzene rings is 3. The van der Waals surface area contributed by atoms with Crippen molar-refractivity contribution in [2.75, 3.05) is 6.54 Å². The predicted octanol–water partition coefficient (Wildman–Crippen LogP) is 4.49. The van der Waals surface area contributed by atoms with E-state index >= 15 is 0 Å². The summed E-state index contributed by atoms with van der Waals surface area (Å²) in [5.41, 5.74) is 1.71. The van der Waals surface area contributed by atoms with E-state index in [2.05, 4.69) is 0 Å². The van der Waals surface area contributed by atoms with Crippen molar-refractivity contribution in [3.8, 4) is 0 Å². The van der Waals surface area contributed by atoms with Crippen molar-refractivity contribution >= 4 is 22.6 Å². The molecule has 0 aliphatic carbocycles. The number of amides is 1. The van der Waals surface area contributed by atoms with Crippen LogP contribution in [0, 0.1) is 10.1 Å². The van der Waals surface area contributed by atoms with E-state index in [4.69, 9.17) is 4.42 Å². The quantitative estimate of drug-likeness (QED) is 0.346. The van der Waals surface area contributed by atoms with Gasteiger partial charge in [0.1, 0.15) is 5.58 Å². The van der Waals surface area contributed by atoms with E-state index in [9.17, 15) is 19.7 Å². The summed E-state index contributed by atoms with van der Waals surface area (Å²) >= 11 is 0. The van der Waals surface area contributed by atoms with Crippen LogP contribution < -0.4 is 5.43 Å². The van der Waals surface area contributed by atoms with Crippen molar-refractivity contribution in [1.29, 1.82) is 0 Å². The highest BCUT2D eigenvalue weighted by molar-refractivity contribution is 5.99. The predicted molar refractivity (Wildman–Crippen MR) is 119 cm³/mol. The molecule has 0 saturated carbocycles. The second-order valence-electron chi connectivity index (χ2n) is 7.66. The van der Waals surface area contributed by atoms with E-state index in [1.54, 1.807) is 41.3 Å². The van der Waals surface area contributed by atoms with E-state index < -0.39 is 16.9 Å². The lowest BCUT2D eigenvalue weighted by Gasteiger charge is -2.25. The molecular formula is C25H18N2O5. The number of carbonyl (C=O) groups excluding carboxylic acids is 1. The van der Waals surface area contributed by atoms with Crippen molar-refractivity contribution in [2.45, 2.75) is 12.5 Å². The number of hydrogen-bond acceptors (Lipinski definition) is 5. The smallest absolute Gasteiger partial charge is 0.290 e. The van der Waals surface area contributed by atoms with Crippen LogP contribution in [0.2, 0.25) is 0 Å². The highest BCUT2D eigenvalue weighted by Crippen LogP contribution is 2.39. The van der Waals surface area contributed by atoms with Crippen LogP contribution >= 0.6 is 0 Å². The first kappa shape index (κ1) is 19.7. The summed E-state index contributed by atoms with van der Waals surface area (Å²) in [4.78, 5) is 39.2. The molecule has 0 N–H and O–H groups in total. The van der Waals surface area contributed by atoms with Crippen LogP contribution in [0.25, 0.3) is 11.0 Å². The third-order valence-corrected chi connectivity index (χ3v) is 5.75. The standard InChI is InChI=1S/C25H18N2O5/c28-23-19-11-4-5-12-20(19)32-24-21(23)22(17-9-6-10-18(15-17)27(30)31)26(25(24)29)14-13-16-7-2-1-3-8-16/h1-12,15,22H,13-14H2/t22-/m0/s1. The molecule has 7 heteroatoms. The Kier molecular flexibility index (Phi) is 4.78. The first-order valence-corrected chi connectivity index (χ1v) is 10.2. The monoisotopic (exact) mass is 426 g/mol. The molecule has 5 rings (SSSR count). The average molecular weight is 426 g/mol. The Hall–Kier alpha value is -4.26. The van der Waals surface area contributed by atoms with Gasteiger partial charge < -0.3 is 9.32 Å². The van der Waals surface area contributed by atoms with Gasteiger partial charge in [-0.3, -0.25) is 19.7 Å². The van der Waals surface area contributed by atoms with Gasteiger partial charge in [-0.05, 0) is 29.7 Å². The maximum atomic E-state index is 13.4. The molecule has 0 saturated heterocycles. The molecule has 0 spiro atoms. The summed E-state index contributed by atoms with van der Waals surface area (Å²) in [6.45, 7) is 0.330. The average Bonchev–Trinajstić information content (AvgIpc) is 3.10. The van der Waals surface area contributed by atoms with Gasteiger partial charge in [-0.2, -0.15) is 0 Å². The number of rotatable bonds is 5. The van der Waals surface area contributed by atoms with Gasteiger partial charge >= 0.3 is 0 Å². The molecule has 7 nitrogen and oxygen atoms in total. The first-order valence-electron chi connectivity index (χ1n) is 10.2. The zero-order chi connectivity index (χ0) is 22.2. The highest BCUT2D eigenvalue weighted by Gasteiger charge is 2.42. The van der Waals surface area contributed by atoms with Crippen molar-refractivity contribution in [2.24, 2.45) is 0 Å². The van der Waals surface area contributed by atoms with Gasteiger partial charge in [0.2, 0.25) is 5.76 Å². The molecule has 158 valence electrons. The molecule has 0 unspecified atom stereocenters. The Morgan fingerprint density at radius 3 is 2.47 bits per heavy atom. The van der Waals surface area contributed by atoms with Crippen LogP contribution in [0.3, 0.4) is 0 Å². The molecule has 32 heavy (non-hydrogen) atoms. The van der Waals surface area contributed by atoms with Gasteiger partial charge in [0.25, 0.3) is 11.6 Å². The summed E-state index contributed by atoms with van der Waals surface area (Å²) in [5, 5.41) is 11.7. The van der Waals surface area contributed by atoms with Gasteiger partial charge in [-0.25, -0.2) is 0 Å². The molecule has 2 heterocycles. The minimum atomic E-state index is -0.762. The van der Waals surface area contributed by atoms with Gasteiger partial charge in [-0.1, -0.05) is 54.6 Å². The molecule has 3 aromatic carbocycles. The molecule has 1 aromatic heterocycles. The number of non-ortho nitro benzene ring substituents is 1. The fourth-order valence-corrected chi connectivity index (χ4v) is 4.25. The summed E-state index contributed by atoms with van der Waals surface area (Å²) in [5.74, 6) is -0.395. The number of para-hydroxylation sites is 1. The number of fused-ring (bicyclic) bond motifs is 2. The largest absolute Gasteiger partial charge is 0.450 e. The van der Waals surface area contributed by atoms with Gasteiger partial charge in [0.15, 0.2) is 5.43 Å². The molecule has 0 bridgehead atoms. The molecule has 0 radical (unpaired) electrons. The topological polar surface area (TPSA) is 93.7 Å². The highest BCUT2D eigenvalue weighted by atomic mass is 16.6. The van der Waals surface area contributed by atoms with Crippen molar-refractivity contribution < 1.29 is 14.1 Å². The summed E-state index contributed by atoms with van der Waals surface area (Å²) in [6, 6.07) is 21.8. The molecule has 4 aromatic rings. The number of carbonyl (C=O) groups is 1. The maximum absolute atomic E-state index is 13.4. The molecule has 1 aliphatic rings. The number of hydrogen-bond donors (Lipinski definition) is 0. The van der Waals surface area contributed by atoms with E-state index in [0.717, 1.165) is 5.56 Å². The maximum Gasteiger partial charge on any atom is 0.290 e. The van der Waals surface area contributed by atoms with Gasteiger partial charge in [-0.15, -0.1) is 0 Å². The number of nitrogens with zero attached hydrogens (tertiary/aromatic N) is 2. The van der Waals surface area contributed by atoms with Crippen LogP contribution in [0.1, 0.15) is 33.3 Å². The lowest BCUT2D eigenvalue weighted by Crippen LogP contribution is -2.31.